The van der Waals surface area contributed by atoms with Gasteiger partial charge in [-0.05, 0) is 37.1 Å². The molecular formula is C54H44N6O8. The SMILES string of the molecule is O=C(OCCOc1ccc(-c2nc(-c3ccccc3)nc(-c3ccccc3)n2)c(O)c1)C1CC=CCC1C(=O)OCCOc1ccc(-c2nc(-c3ccccc3)nc(-c3ccccc3)n2)c(O)c1. The molecule has 2 aromatic heterocycles. The summed E-state index contributed by atoms with van der Waals surface area (Å²) in [4.78, 5) is 54.6. The molecule has 338 valence electrons. The second kappa shape index (κ2) is 21.0. The molecule has 14 heteroatoms. The van der Waals surface area contributed by atoms with E-state index >= 15 is 0 Å². The first kappa shape index (κ1) is 44.4. The maximum atomic E-state index is 13.3. The van der Waals surface area contributed by atoms with Gasteiger partial charge in [-0.2, -0.15) is 0 Å². The fourth-order valence-corrected chi connectivity index (χ4v) is 7.59. The molecule has 2 heterocycles. The van der Waals surface area contributed by atoms with Gasteiger partial charge in [0.15, 0.2) is 34.9 Å². The summed E-state index contributed by atoms with van der Waals surface area (Å²) in [5.74, 6) is 0.314. The fourth-order valence-electron chi connectivity index (χ4n) is 7.59. The number of esters is 2. The first-order chi connectivity index (χ1) is 33.4. The van der Waals surface area contributed by atoms with Crippen LogP contribution in [0.25, 0.3) is 68.3 Å². The molecule has 1 aliphatic carbocycles. The Hall–Kier alpha value is -8.78. The number of ether oxygens (including phenoxy) is 4. The Morgan fingerprint density at radius 3 is 1.03 bits per heavy atom. The van der Waals surface area contributed by atoms with Crippen LogP contribution >= 0.6 is 0 Å². The molecule has 0 bridgehead atoms. The fraction of sp³-hybridized carbons (Fsp3) is 0.148. The van der Waals surface area contributed by atoms with Crippen molar-refractivity contribution < 1.29 is 38.7 Å². The number of benzene rings is 6. The van der Waals surface area contributed by atoms with Gasteiger partial charge in [0, 0.05) is 34.4 Å². The number of nitrogens with zero attached hydrogens (tertiary/aromatic N) is 6. The highest BCUT2D eigenvalue weighted by Crippen LogP contribution is 2.35. The first-order valence-electron chi connectivity index (χ1n) is 22.0. The molecule has 2 atom stereocenters. The van der Waals surface area contributed by atoms with E-state index in [0.29, 0.717) is 58.8 Å². The lowest BCUT2D eigenvalue weighted by atomic mass is 9.83. The van der Waals surface area contributed by atoms with Gasteiger partial charge in [-0.15, -0.1) is 0 Å². The Morgan fingerprint density at radius 1 is 0.412 bits per heavy atom. The summed E-state index contributed by atoms with van der Waals surface area (Å²) >= 11 is 0. The molecule has 9 rings (SSSR count). The molecular weight excluding hydrogens is 861 g/mol. The number of phenolic OH excluding ortho intramolecular Hbond substituents is 2. The monoisotopic (exact) mass is 904 g/mol. The van der Waals surface area contributed by atoms with Crippen molar-refractivity contribution >= 4 is 11.9 Å². The van der Waals surface area contributed by atoms with Gasteiger partial charge < -0.3 is 29.2 Å². The summed E-state index contributed by atoms with van der Waals surface area (Å²) in [7, 11) is 0. The highest BCUT2D eigenvalue weighted by Gasteiger charge is 2.36. The number of hydrogen-bond acceptors (Lipinski definition) is 14. The highest BCUT2D eigenvalue weighted by atomic mass is 16.6. The van der Waals surface area contributed by atoms with E-state index in [4.69, 9.17) is 28.9 Å². The van der Waals surface area contributed by atoms with Gasteiger partial charge in [-0.25, -0.2) is 29.9 Å². The molecule has 0 fully saturated rings. The molecule has 2 unspecified atom stereocenters. The molecule has 2 N–H and O–H groups in total. The van der Waals surface area contributed by atoms with E-state index in [1.807, 2.05) is 133 Å². The van der Waals surface area contributed by atoms with Crippen molar-refractivity contribution in [1.82, 2.24) is 29.9 Å². The topological polar surface area (TPSA) is 189 Å². The minimum absolute atomic E-state index is 0.00281. The lowest BCUT2D eigenvalue weighted by Gasteiger charge is -2.25. The summed E-state index contributed by atoms with van der Waals surface area (Å²) in [5, 5.41) is 22.2. The van der Waals surface area contributed by atoms with Crippen LogP contribution in [0.3, 0.4) is 0 Å². The number of aromatic nitrogens is 6. The van der Waals surface area contributed by atoms with Crippen LogP contribution in [0.1, 0.15) is 12.8 Å². The third-order valence-corrected chi connectivity index (χ3v) is 11.0. The maximum absolute atomic E-state index is 13.3. The molecule has 0 amide bonds. The Balaban J connectivity index is 0.766. The molecule has 8 aromatic rings. The second-order valence-electron chi connectivity index (χ2n) is 15.6. The Bertz CT molecular complexity index is 2730. The third kappa shape index (κ3) is 10.7. The van der Waals surface area contributed by atoms with Crippen LogP contribution in [0.5, 0.6) is 23.0 Å². The van der Waals surface area contributed by atoms with E-state index in [2.05, 4.69) is 19.9 Å². The number of carbonyl (C=O) groups excluding carboxylic acids is 2. The van der Waals surface area contributed by atoms with Crippen molar-refractivity contribution in [3.63, 3.8) is 0 Å². The van der Waals surface area contributed by atoms with Crippen molar-refractivity contribution in [3.8, 4) is 91.3 Å². The third-order valence-electron chi connectivity index (χ3n) is 11.0. The van der Waals surface area contributed by atoms with Crippen LogP contribution in [-0.2, 0) is 19.1 Å². The Kier molecular flexibility index (Phi) is 13.7. The predicted octanol–water partition coefficient (Wildman–Crippen LogP) is 9.60. The normalized spacial score (nSPS) is 14.2. The molecule has 68 heavy (non-hydrogen) atoms. The van der Waals surface area contributed by atoms with Gasteiger partial charge in [-0.1, -0.05) is 133 Å². The molecule has 6 aromatic carbocycles. The second-order valence-corrected chi connectivity index (χ2v) is 15.6. The quantitative estimate of drug-likeness (QED) is 0.0530. The van der Waals surface area contributed by atoms with Crippen molar-refractivity contribution in [2.75, 3.05) is 26.4 Å². The zero-order chi connectivity index (χ0) is 46.7. The van der Waals surface area contributed by atoms with Crippen LogP contribution in [0, 0.1) is 11.8 Å². The smallest absolute Gasteiger partial charge is 0.310 e. The van der Waals surface area contributed by atoms with Gasteiger partial charge in [0.2, 0.25) is 0 Å². The van der Waals surface area contributed by atoms with E-state index in [-0.39, 0.29) is 49.6 Å². The first-order valence-corrected chi connectivity index (χ1v) is 22.0. The number of hydrogen-bond donors (Lipinski definition) is 2. The maximum Gasteiger partial charge on any atom is 0.310 e. The Labute approximate surface area is 391 Å². The lowest BCUT2D eigenvalue weighted by Crippen LogP contribution is -2.34. The number of carbonyl (C=O) groups is 2. The molecule has 0 radical (unpaired) electrons. The summed E-state index contributed by atoms with van der Waals surface area (Å²) in [5.41, 5.74) is 3.98. The van der Waals surface area contributed by atoms with Crippen molar-refractivity contribution in [2.24, 2.45) is 11.8 Å². The summed E-state index contributed by atoms with van der Waals surface area (Å²) < 4.78 is 22.8. The molecule has 0 saturated heterocycles. The largest absolute Gasteiger partial charge is 0.507 e. The van der Waals surface area contributed by atoms with E-state index in [0.717, 1.165) is 22.3 Å². The molecule has 0 spiro atoms. The summed E-state index contributed by atoms with van der Waals surface area (Å²) in [6.07, 6.45) is 4.31. The number of aromatic hydroxyl groups is 2. The van der Waals surface area contributed by atoms with Crippen molar-refractivity contribution in [3.05, 3.63) is 170 Å². The van der Waals surface area contributed by atoms with E-state index in [1.54, 1.807) is 24.3 Å². The van der Waals surface area contributed by atoms with Crippen LogP contribution in [0.4, 0.5) is 0 Å². The van der Waals surface area contributed by atoms with Gasteiger partial charge in [0.25, 0.3) is 0 Å². The predicted molar refractivity (Wildman–Crippen MR) is 254 cm³/mol. The molecule has 0 aliphatic heterocycles. The number of phenols is 2. The van der Waals surface area contributed by atoms with Gasteiger partial charge in [-0.3, -0.25) is 9.59 Å². The van der Waals surface area contributed by atoms with Crippen LogP contribution in [-0.4, -0.2) is 78.5 Å². The Morgan fingerprint density at radius 2 is 0.721 bits per heavy atom. The highest BCUT2D eigenvalue weighted by molar-refractivity contribution is 5.83. The van der Waals surface area contributed by atoms with Gasteiger partial charge in [0.1, 0.15) is 49.4 Å². The summed E-state index contributed by atoms with van der Waals surface area (Å²) in [6.45, 7) is -0.187. The average Bonchev–Trinajstić information content (AvgIpc) is 3.39. The minimum Gasteiger partial charge on any atom is -0.507 e. The van der Waals surface area contributed by atoms with Gasteiger partial charge >= 0.3 is 11.9 Å². The van der Waals surface area contributed by atoms with Crippen molar-refractivity contribution in [1.29, 1.82) is 0 Å². The zero-order valence-electron chi connectivity index (χ0n) is 36.6. The van der Waals surface area contributed by atoms with Crippen molar-refractivity contribution in [2.45, 2.75) is 12.8 Å². The number of allylic oxidation sites excluding steroid dienone is 2. The minimum atomic E-state index is -0.747. The number of rotatable bonds is 16. The zero-order valence-corrected chi connectivity index (χ0v) is 36.6. The van der Waals surface area contributed by atoms with E-state index < -0.39 is 23.8 Å². The van der Waals surface area contributed by atoms with Crippen LogP contribution in [0.15, 0.2) is 170 Å². The van der Waals surface area contributed by atoms with Gasteiger partial charge in [0.05, 0.1) is 23.0 Å². The van der Waals surface area contributed by atoms with E-state index in [1.165, 1.54) is 12.1 Å². The average molecular weight is 905 g/mol. The van der Waals surface area contributed by atoms with E-state index in [9.17, 15) is 19.8 Å². The standard InChI is InChI=1S/C54H44N6O8/c61-45-33-39(25-27-43(45)51-57-47(35-15-5-1-6-16-35)55-48(58-51)36-17-7-2-8-18-36)65-29-31-67-53(63)41-23-13-14-24-42(41)54(64)68-32-30-66-40-26-28-44(46(62)34-40)52-59-49(37-19-9-3-10-20-37)56-50(60-52)38-21-11-4-12-22-38/h1-22,25-28,33-34,41-42,61-62H,23-24,29-32H2. The van der Waals surface area contributed by atoms with Crippen LogP contribution < -0.4 is 9.47 Å². The molecule has 1 aliphatic rings. The lowest BCUT2D eigenvalue weighted by molar-refractivity contribution is -0.161. The summed E-state index contributed by atoms with van der Waals surface area (Å²) in [6, 6.07) is 47.7. The molecule has 0 saturated carbocycles. The molecule has 14 nitrogen and oxygen atoms in total. The van der Waals surface area contributed by atoms with Crippen LogP contribution in [0.2, 0.25) is 0 Å².